The highest BCUT2D eigenvalue weighted by molar-refractivity contribution is 5.89. The molecule has 0 unspecified atom stereocenters. The van der Waals surface area contributed by atoms with Gasteiger partial charge in [0.25, 0.3) is 6.43 Å². The predicted octanol–water partition coefficient (Wildman–Crippen LogP) is 5.31. The minimum atomic E-state index is -2.87. The van der Waals surface area contributed by atoms with E-state index in [9.17, 15) is 13.2 Å². The molecule has 1 atom stereocenters. The molecule has 3 aromatic rings. The summed E-state index contributed by atoms with van der Waals surface area (Å²) in [6, 6.07) is 5.37. The zero-order valence-corrected chi connectivity index (χ0v) is 16.0. The van der Waals surface area contributed by atoms with Gasteiger partial charge in [0, 0.05) is 18.3 Å². The van der Waals surface area contributed by atoms with Crippen molar-refractivity contribution in [2.75, 3.05) is 16.8 Å². The fourth-order valence-electron chi connectivity index (χ4n) is 3.44. The second-order valence-electron chi connectivity index (χ2n) is 6.97. The minimum Gasteiger partial charge on any atom is -0.363 e. The van der Waals surface area contributed by atoms with E-state index in [1.807, 2.05) is 12.3 Å². The molecule has 3 heterocycles. The van der Waals surface area contributed by atoms with E-state index < -0.39 is 23.8 Å². The molecule has 0 aliphatic carbocycles. The van der Waals surface area contributed by atoms with Crippen molar-refractivity contribution in [1.82, 2.24) is 15.0 Å². The first kappa shape index (κ1) is 19.2. The second-order valence-corrected chi connectivity index (χ2v) is 6.97. The first-order chi connectivity index (χ1) is 13.9. The minimum absolute atomic E-state index is 0.152. The highest BCUT2D eigenvalue weighted by Crippen LogP contribution is 2.31. The van der Waals surface area contributed by atoms with E-state index in [1.165, 1.54) is 12.1 Å². The Balaban J connectivity index is 1.72. The Morgan fingerprint density at radius 2 is 1.97 bits per heavy atom. The lowest BCUT2D eigenvalue weighted by Crippen LogP contribution is -2.14. The SMILES string of the molecule is Cc1nc(N[C@H](C)c2cccc(C(F)F)c2F)c2cc(N3C=CCC3)cnc2n1. The fourth-order valence-corrected chi connectivity index (χ4v) is 3.44. The molecule has 1 N–H and O–H groups in total. The fraction of sp³-hybridized carbons (Fsp3) is 0.286. The van der Waals surface area contributed by atoms with Crippen LogP contribution in [0.5, 0.6) is 0 Å². The molecular weight excluding hydrogens is 379 g/mol. The maximum Gasteiger partial charge on any atom is 0.266 e. The number of benzene rings is 1. The van der Waals surface area contributed by atoms with Gasteiger partial charge in [-0.1, -0.05) is 24.3 Å². The maximum atomic E-state index is 14.6. The number of hydrogen-bond donors (Lipinski definition) is 1. The lowest BCUT2D eigenvalue weighted by Gasteiger charge is -2.20. The van der Waals surface area contributed by atoms with Crippen molar-refractivity contribution in [1.29, 1.82) is 0 Å². The van der Waals surface area contributed by atoms with Gasteiger partial charge in [-0.25, -0.2) is 28.1 Å². The van der Waals surface area contributed by atoms with Crippen LogP contribution in [0.4, 0.5) is 24.7 Å². The van der Waals surface area contributed by atoms with Gasteiger partial charge in [0.15, 0.2) is 5.65 Å². The first-order valence-corrected chi connectivity index (χ1v) is 9.34. The van der Waals surface area contributed by atoms with Gasteiger partial charge < -0.3 is 10.2 Å². The lowest BCUT2D eigenvalue weighted by molar-refractivity contribution is 0.146. The molecule has 4 rings (SSSR count). The molecule has 1 aromatic carbocycles. The smallest absolute Gasteiger partial charge is 0.266 e. The van der Waals surface area contributed by atoms with Crippen molar-refractivity contribution in [2.24, 2.45) is 0 Å². The Morgan fingerprint density at radius 3 is 2.69 bits per heavy atom. The number of aryl methyl sites for hydroxylation is 1. The summed E-state index contributed by atoms with van der Waals surface area (Å²) in [4.78, 5) is 15.3. The van der Waals surface area contributed by atoms with Crippen molar-refractivity contribution in [3.8, 4) is 0 Å². The number of alkyl halides is 2. The summed E-state index contributed by atoms with van der Waals surface area (Å²) < 4.78 is 40.7. The molecule has 0 spiro atoms. The first-order valence-electron chi connectivity index (χ1n) is 9.34. The van der Waals surface area contributed by atoms with Crippen LogP contribution >= 0.6 is 0 Å². The molecule has 0 fully saturated rings. The molecule has 8 heteroatoms. The Bertz CT molecular complexity index is 1080. The number of rotatable bonds is 5. The van der Waals surface area contributed by atoms with Crippen molar-refractivity contribution >= 4 is 22.5 Å². The number of fused-ring (bicyclic) bond motifs is 1. The zero-order valence-electron chi connectivity index (χ0n) is 16.0. The summed E-state index contributed by atoms with van der Waals surface area (Å²) in [5, 5.41) is 3.84. The van der Waals surface area contributed by atoms with E-state index in [-0.39, 0.29) is 5.56 Å². The molecule has 0 bridgehead atoms. The average Bonchev–Trinajstić information content (AvgIpc) is 3.22. The van der Waals surface area contributed by atoms with Crippen molar-refractivity contribution < 1.29 is 13.2 Å². The monoisotopic (exact) mass is 399 g/mol. The zero-order chi connectivity index (χ0) is 20.5. The van der Waals surface area contributed by atoms with Gasteiger partial charge in [-0.05, 0) is 26.3 Å². The standard InChI is InChI=1S/C21H20F3N5/c1-12(15-6-5-7-16(18(15)22)19(23)24)26-21-17-10-14(29-8-3-4-9-29)11-25-20(17)27-13(2)28-21/h3,5-8,10-12,19H,4,9H2,1-2H3,(H,25,26,27,28)/t12-/m1/s1. The van der Waals surface area contributed by atoms with Crippen molar-refractivity contribution in [2.45, 2.75) is 32.7 Å². The highest BCUT2D eigenvalue weighted by Gasteiger charge is 2.21. The number of anilines is 2. The molecule has 2 aromatic heterocycles. The third-order valence-electron chi connectivity index (χ3n) is 4.92. The number of hydrogen-bond acceptors (Lipinski definition) is 5. The molecule has 0 saturated heterocycles. The Hall–Kier alpha value is -3.16. The van der Waals surface area contributed by atoms with Crippen LogP contribution in [0, 0.1) is 12.7 Å². The van der Waals surface area contributed by atoms with Crippen LogP contribution in [-0.2, 0) is 0 Å². The van der Waals surface area contributed by atoms with Crippen LogP contribution < -0.4 is 10.2 Å². The van der Waals surface area contributed by atoms with Crippen LogP contribution in [0.2, 0.25) is 0 Å². The number of aromatic nitrogens is 3. The Morgan fingerprint density at radius 1 is 1.17 bits per heavy atom. The summed E-state index contributed by atoms with van der Waals surface area (Å²) >= 11 is 0. The molecule has 1 aliphatic heterocycles. The van der Waals surface area contributed by atoms with Crippen LogP contribution in [0.3, 0.4) is 0 Å². The normalized spacial score (nSPS) is 14.8. The van der Waals surface area contributed by atoms with E-state index >= 15 is 0 Å². The van der Waals surface area contributed by atoms with E-state index in [0.717, 1.165) is 24.7 Å². The lowest BCUT2D eigenvalue weighted by atomic mass is 10.0. The summed E-state index contributed by atoms with van der Waals surface area (Å²) in [6.45, 7) is 4.31. The van der Waals surface area contributed by atoms with E-state index in [2.05, 4.69) is 31.2 Å². The molecule has 5 nitrogen and oxygen atoms in total. The molecule has 0 saturated carbocycles. The van der Waals surface area contributed by atoms with Crippen LogP contribution in [0.15, 0.2) is 42.7 Å². The summed E-state index contributed by atoms with van der Waals surface area (Å²) in [5.41, 5.74) is 0.963. The van der Waals surface area contributed by atoms with Gasteiger partial charge in [0.05, 0.1) is 28.9 Å². The number of halogens is 3. The number of nitrogens with one attached hydrogen (secondary N) is 1. The van der Waals surface area contributed by atoms with Gasteiger partial charge in [-0.2, -0.15) is 0 Å². The molecular formula is C21H20F3N5. The molecule has 150 valence electrons. The number of pyridine rings is 1. The van der Waals surface area contributed by atoms with Gasteiger partial charge >= 0.3 is 0 Å². The maximum absolute atomic E-state index is 14.6. The van der Waals surface area contributed by atoms with Crippen LogP contribution in [-0.4, -0.2) is 21.5 Å². The quantitative estimate of drug-likeness (QED) is 0.630. The molecule has 0 radical (unpaired) electrons. The molecule has 29 heavy (non-hydrogen) atoms. The third kappa shape index (κ3) is 3.74. The highest BCUT2D eigenvalue weighted by atomic mass is 19.3. The molecule has 1 aliphatic rings. The summed E-state index contributed by atoms with van der Waals surface area (Å²) in [5.74, 6) is 0.0910. The van der Waals surface area contributed by atoms with Gasteiger partial charge in [-0.3, -0.25) is 0 Å². The van der Waals surface area contributed by atoms with E-state index in [4.69, 9.17) is 0 Å². The topological polar surface area (TPSA) is 53.9 Å². The molecule has 0 amide bonds. The Kier molecular flexibility index (Phi) is 5.08. The third-order valence-corrected chi connectivity index (χ3v) is 4.92. The summed E-state index contributed by atoms with van der Waals surface area (Å²) in [7, 11) is 0. The van der Waals surface area contributed by atoms with Crippen molar-refractivity contribution in [3.05, 3.63) is 65.5 Å². The van der Waals surface area contributed by atoms with E-state index in [1.54, 1.807) is 20.0 Å². The van der Waals surface area contributed by atoms with Gasteiger partial charge in [0.2, 0.25) is 0 Å². The van der Waals surface area contributed by atoms with Crippen LogP contribution in [0.25, 0.3) is 11.0 Å². The van der Waals surface area contributed by atoms with Crippen LogP contribution in [0.1, 0.15) is 42.8 Å². The summed E-state index contributed by atoms with van der Waals surface area (Å²) in [6.07, 6.45) is 3.92. The van der Waals surface area contributed by atoms with Gasteiger partial charge in [-0.15, -0.1) is 0 Å². The average molecular weight is 399 g/mol. The van der Waals surface area contributed by atoms with E-state index in [0.29, 0.717) is 22.7 Å². The number of nitrogens with zero attached hydrogens (tertiary/aromatic N) is 4. The van der Waals surface area contributed by atoms with Crippen molar-refractivity contribution in [3.63, 3.8) is 0 Å². The van der Waals surface area contributed by atoms with Gasteiger partial charge in [0.1, 0.15) is 17.5 Å². The Labute approximate surface area is 166 Å². The second kappa shape index (κ2) is 7.69. The largest absolute Gasteiger partial charge is 0.363 e. The predicted molar refractivity (Wildman–Crippen MR) is 107 cm³/mol.